The number of carbonyl (C=O) groups excluding carboxylic acids is 1. The molecule has 1 aliphatic heterocycles. The van der Waals surface area contributed by atoms with Crippen molar-refractivity contribution in [3.8, 4) is 0 Å². The van der Waals surface area contributed by atoms with Gasteiger partial charge in [0.2, 0.25) is 5.91 Å². The number of aliphatic hydroxyl groups excluding tert-OH is 1. The third-order valence-corrected chi connectivity index (χ3v) is 5.13. The predicted octanol–water partition coefficient (Wildman–Crippen LogP) is 1.54. The second-order valence-corrected chi connectivity index (χ2v) is 7.14. The van der Waals surface area contributed by atoms with Gasteiger partial charge >= 0.3 is 0 Å². The van der Waals surface area contributed by atoms with Crippen molar-refractivity contribution in [2.24, 2.45) is 5.92 Å². The molecule has 1 aliphatic rings. The van der Waals surface area contributed by atoms with Gasteiger partial charge in [-0.2, -0.15) is 0 Å². The SMILES string of the molecule is CC(C)c1nc(CN(C)C(=O)[C@@H]2CN(C)CC[C@@H]2O)cs1. The molecule has 1 saturated heterocycles. The van der Waals surface area contributed by atoms with Crippen LogP contribution in [0.4, 0.5) is 0 Å². The van der Waals surface area contributed by atoms with Crippen molar-refractivity contribution < 1.29 is 9.90 Å². The molecular weight excluding hydrogens is 286 g/mol. The molecule has 118 valence electrons. The van der Waals surface area contributed by atoms with Crippen molar-refractivity contribution in [1.29, 1.82) is 0 Å². The summed E-state index contributed by atoms with van der Waals surface area (Å²) in [6.07, 6.45) is 0.132. The molecule has 0 saturated carbocycles. The Kier molecular flexibility index (Phi) is 5.35. The van der Waals surface area contributed by atoms with E-state index in [2.05, 4.69) is 23.7 Å². The highest BCUT2D eigenvalue weighted by atomic mass is 32.1. The zero-order valence-corrected chi connectivity index (χ0v) is 14.1. The van der Waals surface area contributed by atoms with Crippen molar-refractivity contribution in [2.45, 2.75) is 38.8 Å². The number of likely N-dealkylation sites (tertiary alicyclic amines) is 1. The van der Waals surface area contributed by atoms with Crippen LogP contribution in [0.25, 0.3) is 0 Å². The quantitative estimate of drug-likeness (QED) is 0.916. The van der Waals surface area contributed by atoms with E-state index in [0.717, 1.165) is 17.2 Å². The highest BCUT2D eigenvalue weighted by Gasteiger charge is 2.33. The first-order valence-electron chi connectivity index (χ1n) is 7.44. The summed E-state index contributed by atoms with van der Waals surface area (Å²) in [4.78, 5) is 20.9. The molecule has 0 aliphatic carbocycles. The van der Waals surface area contributed by atoms with Crippen LogP contribution in [-0.2, 0) is 11.3 Å². The number of amides is 1. The first-order chi connectivity index (χ1) is 9.88. The summed E-state index contributed by atoms with van der Waals surface area (Å²) < 4.78 is 0. The Bertz CT molecular complexity index is 489. The standard InChI is InChI=1S/C15H25N3O2S/c1-10(2)14-16-11(9-21-14)7-18(4)15(20)12-8-17(3)6-5-13(12)19/h9-10,12-13,19H,5-8H2,1-4H3/t12-,13+/m1/s1. The number of aromatic nitrogens is 1. The van der Waals surface area contributed by atoms with Gasteiger partial charge in [-0.3, -0.25) is 4.79 Å². The summed E-state index contributed by atoms with van der Waals surface area (Å²) in [5, 5.41) is 13.2. The van der Waals surface area contributed by atoms with Crippen LogP contribution in [0, 0.1) is 5.92 Å². The number of aliphatic hydroxyl groups is 1. The lowest BCUT2D eigenvalue weighted by Crippen LogP contribution is -2.48. The highest BCUT2D eigenvalue weighted by Crippen LogP contribution is 2.22. The number of piperidine rings is 1. The van der Waals surface area contributed by atoms with Crippen molar-refractivity contribution >= 4 is 17.2 Å². The van der Waals surface area contributed by atoms with Gasteiger partial charge in [-0.1, -0.05) is 13.8 Å². The van der Waals surface area contributed by atoms with Crippen LogP contribution in [0.2, 0.25) is 0 Å². The Morgan fingerprint density at radius 1 is 1.62 bits per heavy atom. The molecule has 0 unspecified atom stereocenters. The van der Waals surface area contributed by atoms with Gasteiger partial charge in [0.1, 0.15) is 0 Å². The number of thiazole rings is 1. The minimum Gasteiger partial charge on any atom is -0.392 e. The summed E-state index contributed by atoms with van der Waals surface area (Å²) in [7, 11) is 3.78. The van der Waals surface area contributed by atoms with Gasteiger partial charge in [0.15, 0.2) is 0 Å². The summed E-state index contributed by atoms with van der Waals surface area (Å²) in [5.74, 6) is 0.101. The van der Waals surface area contributed by atoms with Crippen LogP contribution in [0.3, 0.4) is 0 Å². The molecule has 2 heterocycles. The lowest BCUT2D eigenvalue weighted by Gasteiger charge is -2.35. The third-order valence-electron chi connectivity index (χ3n) is 3.94. The van der Waals surface area contributed by atoms with Gasteiger partial charge in [-0.25, -0.2) is 4.98 Å². The van der Waals surface area contributed by atoms with E-state index >= 15 is 0 Å². The molecule has 21 heavy (non-hydrogen) atoms. The smallest absolute Gasteiger partial charge is 0.229 e. The normalized spacial score (nSPS) is 23.5. The molecule has 5 nitrogen and oxygen atoms in total. The maximum atomic E-state index is 12.5. The zero-order chi connectivity index (χ0) is 15.6. The zero-order valence-electron chi connectivity index (χ0n) is 13.2. The summed E-state index contributed by atoms with van der Waals surface area (Å²) in [5.41, 5.74) is 0.929. The number of rotatable bonds is 4. The Morgan fingerprint density at radius 3 is 2.95 bits per heavy atom. The van der Waals surface area contributed by atoms with Gasteiger partial charge in [0.05, 0.1) is 29.3 Å². The van der Waals surface area contributed by atoms with E-state index in [1.165, 1.54) is 0 Å². The summed E-state index contributed by atoms with van der Waals surface area (Å²) in [6, 6.07) is 0. The fourth-order valence-electron chi connectivity index (χ4n) is 2.61. The molecule has 1 amide bonds. The first kappa shape index (κ1) is 16.4. The topological polar surface area (TPSA) is 56.7 Å². The number of carbonyl (C=O) groups is 1. The molecule has 1 aromatic rings. The monoisotopic (exact) mass is 311 g/mol. The molecule has 0 aromatic carbocycles. The molecule has 2 atom stereocenters. The van der Waals surface area contributed by atoms with E-state index in [1.54, 1.807) is 23.3 Å². The van der Waals surface area contributed by atoms with Crippen molar-refractivity contribution in [1.82, 2.24) is 14.8 Å². The van der Waals surface area contributed by atoms with Crippen LogP contribution in [0.5, 0.6) is 0 Å². The molecule has 0 spiro atoms. The molecule has 6 heteroatoms. The average Bonchev–Trinajstić information content (AvgIpc) is 2.89. The largest absolute Gasteiger partial charge is 0.392 e. The highest BCUT2D eigenvalue weighted by molar-refractivity contribution is 7.09. The molecule has 1 fully saturated rings. The number of nitrogens with zero attached hydrogens (tertiary/aromatic N) is 3. The first-order valence-corrected chi connectivity index (χ1v) is 8.32. The van der Waals surface area contributed by atoms with Gasteiger partial charge in [-0.15, -0.1) is 11.3 Å². The Morgan fingerprint density at radius 2 is 2.33 bits per heavy atom. The Hall–Kier alpha value is -0.980. The van der Waals surface area contributed by atoms with Crippen LogP contribution in [0.1, 0.15) is 36.9 Å². The van der Waals surface area contributed by atoms with E-state index in [9.17, 15) is 9.90 Å². The van der Waals surface area contributed by atoms with E-state index in [0.29, 0.717) is 25.4 Å². The van der Waals surface area contributed by atoms with E-state index in [-0.39, 0.29) is 11.8 Å². The third kappa shape index (κ3) is 4.02. The molecule has 1 aromatic heterocycles. The van der Waals surface area contributed by atoms with Gasteiger partial charge in [0.25, 0.3) is 0 Å². The fraction of sp³-hybridized carbons (Fsp3) is 0.733. The fourth-order valence-corrected chi connectivity index (χ4v) is 3.44. The van der Waals surface area contributed by atoms with E-state index in [4.69, 9.17) is 0 Å². The van der Waals surface area contributed by atoms with Crippen LogP contribution in [-0.4, -0.2) is 59.1 Å². The van der Waals surface area contributed by atoms with Gasteiger partial charge < -0.3 is 14.9 Å². The Balaban J connectivity index is 1.98. The molecule has 1 N–H and O–H groups in total. The van der Waals surface area contributed by atoms with Crippen LogP contribution >= 0.6 is 11.3 Å². The minimum atomic E-state index is -0.530. The Labute approximate surface area is 130 Å². The predicted molar refractivity (Wildman–Crippen MR) is 84.3 cm³/mol. The molecule has 2 rings (SSSR count). The van der Waals surface area contributed by atoms with Crippen molar-refractivity contribution in [3.63, 3.8) is 0 Å². The second kappa shape index (κ2) is 6.85. The minimum absolute atomic E-state index is 0.00754. The van der Waals surface area contributed by atoms with Crippen LogP contribution < -0.4 is 0 Å². The maximum absolute atomic E-state index is 12.5. The molecular formula is C15H25N3O2S. The van der Waals surface area contributed by atoms with E-state index in [1.807, 2.05) is 12.4 Å². The maximum Gasteiger partial charge on any atom is 0.229 e. The summed E-state index contributed by atoms with van der Waals surface area (Å²) >= 11 is 1.64. The number of hydrogen-bond acceptors (Lipinski definition) is 5. The van der Waals surface area contributed by atoms with Gasteiger partial charge in [-0.05, 0) is 13.5 Å². The lowest BCUT2D eigenvalue weighted by molar-refractivity contribution is -0.141. The number of hydrogen-bond donors (Lipinski definition) is 1. The van der Waals surface area contributed by atoms with Gasteiger partial charge in [0, 0.05) is 31.4 Å². The van der Waals surface area contributed by atoms with Crippen LogP contribution in [0.15, 0.2) is 5.38 Å². The lowest BCUT2D eigenvalue weighted by atomic mass is 9.93. The molecule has 0 bridgehead atoms. The molecule has 0 radical (unpaired) electrons. The second-order valence-electron chi connectivity index (χ2n) is 6.25. The van der Waals surface area contributed by atoms with Crippen molar-refractivity contribution in [3.05, 3.63) is 16.1 Å². The summed E-state index contributed by atoms with van der Waals surface area (Å²) in [6.45, 7) is 6.21. The van der Waals surface area contributed by atoms with E-state index < -0.39 is 6.10 Å². The average molecular weight is 311 g/mol. The van der Waals surface area contributed by atoms with Crippen molar-refractivity contribution in [2.75, 3.05) is 27.2 Å².